The SMILES string of the molecule is CN1c2cccc3ccc4ccc5cccc1c5c4c23.CN1c2ccccc2-c2cccc3cccc1c23.CN1c2ccccc2-c2ccccc2-c2ccccc21.Cc1cccc(-c2ccccn2)n1.Cn1c2c3ccccc3ccc2c2ccc3ccccc3c21.Cn1c2cc3ccccc3cc2c2cc3ccccc3cc21.Cn1c2ccc3ccccc3c2c2c3ccccc3ccc21. The normalized spacial score (nSPS) is 12.0. The Balaban J connectivity index is 0.0000000876. The molecule has 137 heavy (non-hydrogen) atoms. The van der Waals surface area contributed by atoms with Gasteiger partial charge in [0, 0.05) is 192 Å². The lowest BCUT2D eigenvalue weighted by atomic mass is 9.91. The average molecular weight is 1760 g/mol. The molecule has 3 aliphatic rings. The van der Waals surface area contributed by atoms with Gasteiger partial charge in [-0.15, -0.1) is 0 Å². The lowest BCUT2D eigenvalue weighted by Crippen LogP contribution is -2.14. The van der Waals surface area contributed by atoms with E-state index in [1.807, 2.05) is 43.3 Å². The summed E-state index contributed by atoms with van der Waals surface area (Å²) in [4.78, 5) is 15.5. The highest BCUT2D eigenvalue weighted by Gasteiger charge is 2.26. The highest BCUT2D eigenvalue weighted by molar-refractivity contribution is 6.31. The number of hydrogen-bond donors (Lipinski definition) is 0. The molecule has 27 aromatic rings. The molecule has 0 saturated carbocycles. The van der Waals surface area contributed by atoms with Crippen molar-refractivity contribution in [1.29, 1.82) is 0 Å². The summed E-state index contributed by atoms with van der Waals surface area (Å²) in [7, 11) is 13.0. The van der Waals surface area contributed by atoms with Crippen molar-refractivity contribution in [3.05, 3.63) is 461 Å². The molecule has 5 aromatic heterocycles. The fourth-order valence-electron chi connectivity index (χ4n) is 21.9. The summed E-state index contributed by atoms with van der Waals surface area (Å²) in [5.41, 5.74) is 26.3. The summed E-state index contributed by atoms with van der Waals surface area (Å²) >= 11 is 0. The summed E-state index contributed by atoms with van der Waals surface area (Å²) in [6, 6.07) is 160. The number of pyridine rings is 2. The van der Waals surface area contributed by atoms with Crippen LogP contribution in [0, 0.1) is 6.92 Å². The quantitative estimate of drug-likeness (QED) is 0.153. The second-order valence-corrected chi connectivity index (χ2v) is 36.2. The molecule has 22 aromatic carbocycles. The van der Waals surface area contributed by atoms with Gasteiger partial charge < -0.3 is 28.4 Å². The average Bonchev–Trinajstić information content (AvgIpc) is 1.14. The molecule has 3 aliphatic heterocycles. The number of anilines is 6. The molecule has 0 N–H and O–H groups in total. The Morgan fingerprint density at radius 3 is 0.942 bits per heavy atom. The summed E-state index contributed by atoms with van der Waals surface area (Å²) in [5.74, 6) is 0. The maximum atomic E-state index is 4.38. The number of nitrogens with zero attached hydrogens (tertiary/aromatic N) is 8. The van der Waals surface area contributed by atoms with Gasteiger partial charge in [0.2, 0.25) is 0 Å². The molecular weight excluding hydrogens is 1660 g/mol. The van der Waals surface area contributed by atoms with Crippen molar-refractivity contribution in [2.24, 2.45) is 21.1 Å². The van der Waals surface area contributed by atoms with Crippen molar-refractivity contribution in [2.75, 3.05) is 35.8 Å². The maximum absolute atomic E-state index is 4.38. The molecular formula is C129H96N8. The molecule has 652 valence electrons. The van der Waals surface area contributed by atoms with Crippen LogP contribution in [-0.4, -0.2) is 44.8 Å². The van der Waals surface area contributed by atoms with Gasteiger partial charge in [0.05, 0.1) is 22.4 Å². The number of aryl methyl sites for hydroxylation is 4. The Hall–Kier alpha value is -17.5. The van der Waals surface area contributed by atoms with Crippen LogP contribution in [0.5, 0.6) is 0 Å². The van der Waals surface area contributed by atoms with E-state index < -0.39 is 0 Å². The minimum Gasteiger partial charge on any atom is -0.344 e. The minimum atomic E-state index is 0.922. The van der Waals surface area contributed by atoms with Crippen LogP contribution in [0.4, 0.5) is 34.1 Å². The molecule has 8 heterocycles. The van der Waals surface area contributed by atoms with E-state index >= 15 is 0 Å². The molecule has 0 saturated heterocycles. The summed E-state index contributed by atoms with van der Waals surface area (Å²) in [6.45, 7) is 1.98. The highest BCUT2D eigenvalue weighted by Crippen LogP contribution is 2.51. The third-order valence-corrected chi connectivity index (χ3v) is 28.5. The second kappa shape index (κ2) is 34.3. The van der Waals surface area contributed by atoms with Crippen LogP contribution in [0.3, 0.4) is 0 Å². The number of hydrogen-bond acceptors (Lipinski definition) is 5. The topological polar surface area (TPSA) is 50.3 Å². The monoisotopic (exact) mass is 1760 g/mol. The van der Waals surface area contributed by atoms with Gasteiger partial charge >= 0.3 is 0 Å². The highest BCUT2D eigenvalue weighted by atomic mass is 15.1. The molecule has 0 amide bonds. The van der Waals surface area contributed by atoms with Gasteiger partial charge in [0.25, 0.3) is 0 Å². The minimum absolute atomic E-state index is 0.922. The number of rotatable bonds is 1. The van der Waals surface area contributed by atoms with Gasteiger partial charge in [-0.3, -0.25) is 9.97 Å². The molecule has 30 rings (SSSR count). The molecule has 8 nitrogen and oxygen atoms in total. The van der Waals surface area contributed by atoms with Crippen LogP contribution in [0.25, 0.3) is 218 Å². The zero-order valence-electron chi connectivity index (χ0n) is 77.4. The van der Waals surface area contributed by atoms with E-state index in [-0.39, 0.29) is 0 Å². The molecule has 0 unspecified atom stereocenters. The fraction of sp³-hybridized carbons (Fsp3) is 0.0543. The van der Waals surface area contributed by atoms with E-state index in [4.69, 9.17) is 0 Å². The third-order valence-electron chi connectivity index (χ3n) is 28.5. The lowest BCUT2D eigenvalue weighted by Gasteiger charge is -2.30. The lowest BCUT2D eigenvalue weighted by molar-refractivity contribution is 1.02. The maximum Gasteiger partial charge on any atom is 0.0889 e. The van der Waals surface area contributed by atoms with E-state index in [1.165, 1.54) is 241 Å². The fourth-order valence-corrected chi connectivity index (χ4v) is 21.9. The van der Waals surface area contributed by atoms with E-state index in [1.54, 1.807) is 6.20 Å². The first-order valence-electron chi connectivity index (χ1n) is 47.1. The predicted molar refractivity (Wildman–Crippen MR) is 588 cm³/mol. The van der Waals surface area contributed by atoms with Crippen molar-refractivity contribution in [3.8, 4) is 44.8 Å². The summed E-state index contributed by atoms with van der Waals surface area (Å²) in [6.07, 6.45) is 1.78. The molecule has 0 radical (unpaired) electrons. The first kappa shape index (κ1) is 82.7. The first-order valence-corrected chi connectivity index (χ1v) is 47.1. The van der Waals surface area contributed by atoms with Gasteiger partial charge in [-0.05, 0) is 196 Å². The van der Waals surface area contributed by atoms with Gasteiger partial charge in [0.15, 0.2) is 0 Å². The van der Waals surface area contributed by atoms with Gasteiger partial charge in [-0.25, -0.2) is 0 Å². The standard InChI is InChI=1S/3C21H15N.C19H13N.C19H15N.C17H13N.C11H10N2/c1-22-20-12-16-8-4-2-6-14(16)10-18(20)19-11-15-7-3-5-9-17(15)13-21(19)22;1-22-18-12-10-14-6-2-4-8-16(14)20(18)21-17-9-5-3-7-15(17)11-13-19(21)22;1-22-20-16-8-4-2-6-14(16)10-12-18(20)19-13-11-15-7-3-5-9-17(15)21(19)22;1-20-15-6-2-4-12-8-10-14-11-9-13-5-3-7-16(20)18(13)19(14)17(12)15;1-20-18-12-6-4-10-16(18)14-8-2-3-9-15(14)17-11-5-7-13-19(17)20;1-18-15-10-3-2-8-13(15)14-9-4-6-12-7-5-11-16(18)17(12)14;1-9-5-4-7-11(13-9)10-6-2-3-8-12-10/h3*2-13H,1H3;2-11H,1H3;2-13H,1H3;2-11H,1H3;2-8H,1H3. The Bertz CT molecular complexity index is 9080. The van der Waals surface area contributed by atoms with Crippen molar-refractivity contribution in [1.82, 2.24) is 23.7 Å². The van der Waals surface area contributed by atoms with Crippen molar-refractivity contribution >= 4 is 207 Å². The third kappa shape index (κ3) is 14.2. The van der Waals surface area contributed by atoms with Crippen LogP contribution >= 0.6 is 0 Å². The van der Waals surface area contributed by atoms with Crippen molar-refractivity contribution in [3.63, 3.8) is 0 Å². The number of fused-ring (bicyclic) bond motifs is 26. The van der Waals surface area contributed by atoms with Crippen LogP contribution in [-0.2, 0) is 21.1 Å². The van der Waals surface area contributed by atoms with Crippen molar-refractivity contribution < 1.29 is 0 Å². The first-order chi connectivity index (χ1) is 67.4. The van der Waals surface area contributed by atoms with Gasteiger partial charge in [-0.2, -0.15) is 0 Å². The number of benzene rings is 22. The second-order valence-electron chi connectivity index (χ2n) is 36.2. The summed E-state index contributed by atoms with van der Waals surface area (Å²) in [5, 5.41) is 34.6. The largest absolute Gasteiger partial charge is 0.344 e. The van der Waals surface area contributed by atoms with Crippen LogP contribution in [0.2, 0.25) is 0 Å². The van der Waals surface area contributed by atoms with E-state index in [0.717, 1.165) is 17.1 Å². The molecule has 0 atom stereocenters. The van der Waals surface area contributed by atoms with E-state index in [0.29, 0.717) is 0 Å². The zero-order chi connectivity index (χ0) is 92.0. The molecule has 0 fully saturated rings. The molecule has 0 spiro atoms. The number of aromatic nitrogens is 5. The summed E-state index contributed by atoms with van der Waals surface area (Å²) < 4.78 is 6.97. The Labute approximate surface area is 794 Å². The van der Waals surface area contributed by atoms with Crippen LogP contribution < -0.4 is 14.7 Å². The Morgan fingerprint density at radius 2 is 0.482 bits per heavy atom. The molecule has 0 aliphatic carbocycles. The Kier molecular flexibility index (Phi) is 20.7. The van der Waals surface area contributed by atoms with E-state index in [9.17, 15) is 0 Å². The molecule has 8 heteroatoms. The molecule has 0 bridgehead atoms. The van der Waals surface area contributed by atoms with Crippen molar-refractivity contribution in [2.45, 2.75) is 6.92 Å². The Morgan fingerprint density at radius 1 is 0.175 bits per heavy atom. The van der Waals surface area contributed by atoms with Crippen LogP contribution in [0.1, 0.15) is 5.69 Å². The number of para-hydroxylation sites is 3. The van der Waals surface area contributed by atoms with E-state index in [2.05, 4.69) is 493 Å². The van der Waals surface area contributed by atoms with Crippen LogP contribution in [0.15, 0.2) is 455 Å². The smallest absolute Gasteiger partial charge is 0.0889 e. The van der Waals surface area contributed by atoms with Gasteiger partial charge in [0.1, 0.15) is 0 Å². The predicted octanol–water partition coefficient (Wildman–Crippen LogP) is 34.3. The van der Waals surface area contributed by atoms with Gasteiger partial charge in [-0.1, -0.05) is 352 Å². The zero-order valence-corrected chi connectivity index (χ0v) is 77.4.